The lowest BCUT2D eigenvalue weighted by molar-refractivity contribution is 0.100. The first-order chi connectivity index (χ1) is 8.61. The molecule has 0 atom stereocenters. The van der Waals surface area contributed by atoms with Crippen LogP contribution >= 0.6 is 11.3 Å². The minimum absolute atomic E-state index is 0.280. The van der Waals surface area contributed by atoms with Crippen LogP contribution in [-0.2, 0) is 0 Å². The van der Waals surface area contributed by atoms with Crippen LogP contribution in [0.2, 0.25) is 0 Å². The van der Waals surface area contributed by atoms with Crippen molar-refractivity contribution >= 4 is 34.0 Å². The molecule has 0 aliphatic heterocycles. The molecule has 0 saturated carbocycles. The SMILES string of the molecule is NC(=O)c1ccsc1N(C(N)=O)c1ccccc1. The molecule has 3 amide bonds. The van der Waals surface area contributed by atoms with Crippen molar-refractivity contribution in [3.05, 3.63) is 47.3 Å². The Morgan fingerprint density at radius 3 is 2.28 bits per heavy atom. The van der Waals surface area contributed by atoms with Crippen molar-refractivity contribution in [1.29, 1.82) is 0 Å². The molecule has 1 heterocycles. The molecule has 92 valence electrons. The van der Waals surface area contributed by atoms with Gasteiger partial charge in [-0.15, -0.1) is 11.3 Å². The quantitative estimate of drug-likeness (QED) is 0.885. The van der Waals surface area contributed by atoms with Gasteiger partial charge in [-0.05, 0) is 23.6 Å². The van der Waals surface area contributed by atoms with Crippen molar-refractivity contribution in [3.63, 3.8) is 0 Å². The van der Waals surface area contributed by atoms with Gasteiger partial charge < -0.3 is 11.5 Å². The number of hydrogen-bond acceptors (Lipinski definition) is 3. The summed E-state index contributed by atoms with van der Waals surface area (Å²) in [6.07, 6.45) is 0. The Labute approximate surface area is 108 Å². The van der Waals surface area contributed by atoms with Gasteiger partial charge in [-0.1, -0.05) is 18.2 Å². The third kappa shape index (κ3) is 2.18. The van der Waals surface area contributed by atoms with Crippen LogP contribution < -0.4 is 16.4 Å². The molecule has 0 aliphatic carbocycles. The standard InChI is InChI=1S/C12H11N3O2S/c13-10(16)9-6-7-18-11(9)15(12(14)17)8-4-2-1-3-5-8/h1-7H,(H2,13,16)(H2,14,17). The first-order valence-electron chi connectivity index (χ1n) is 5.13. The molecule has 0 bridgehead atoms. The number of amides is 3. The molecule has 1 aromatic heterocycles. The summed E-state index contributed by atoms with van der Waals surface area (Å²) in [5.41, 5.74) is 11.5. The third-order valence-corrected chi connectivity index (χ3v) is 3.25. The van der Waals surface area contributed by atoms with Gasteiger partial charge in [0.05, 0.1) is 11.3 Å². The van der Waals surface area contributed by atoms with Crippen LogP contribution in [0.5, 0.6) is 0 Å². The summed E-state index contributed by atoms with van der Waals surface area (Å²) in [7, 11) is 0. The highest BCUT2D eigenvalue weighted by atomic mass is 32.1. The van der Waals surface area contributed by atoms with E-state index in [1.54, 1.807) is 35.7 Å². The summed E-state index contributed by atoms with van der Waals surface area (Å²) in [4.78, 5) is 24.1. The number of thiophene rings is 1. The molecule has 1 aromatic carbocycles. The van der Waals surface area contributed by atoms with E-state index < -0.39 is 11.9 Å². The Morgan fingerprint density at radius 1 is 1.06 bits per heavy atom. The maximum atomic E-state index is 11.6. The molecule has 0 unspecified atom stereocenters. The Morgan fingerprint density at radius 2 is 1.72 bits per heavy atom. The maximum absolute atomic E-state index is 11.6. The molecule has 0 spiro atoms. The number of para-hydroxylation sites is 1. The number of carbonyl (C=O) groups is 2. The van der Waals surface area contributed by atoms with Crippen LogP contribution in [0.4, 0.5) is 15.5 Å². The fourth-order valence-electron chi connectivity index (χ4n) is 1.58. The van der Waals surface area contributed by atoms with E-state index in [1.807, 2.05) is 6.07 Å². The highest BCUT2D eigenvalue weighted by Crippen LogP contribution is 2.33. The number of rotatable bonds is 3. The molecule has 2 aromatic rings. The molecule has 0 fully saturated rings. The fraction of sp³-hybridized carbons (Fsp3) is 0. The van der Waals surface area contributed by atoms with E-state index in [2.05, 4.69) is 0 Å². The lowest BCUT2D eigenvalue weighted by Crippen LogP contribution is -2.32. The van der Waals surface area contributed by atoms with Gasteiger partial charge in [-0.25, -0.2) is 4.79 Å². The number of urea groups is 1. The summed E-state index contributed by atoms with van der Waals surface area (Å²) >= 11 is 1.23. The Bertz CT molecular complexity index is 580. The van der Waals surface area contributed by atoms with Crippen LogP contribution in [0.1, 0.15) is 10.4 Å². The van der Waals surface area contributed by atoms with Crippen LogP contribution in [0, 0.1) is 0 Å². The fourth-order valence-corrected chi connectivity index (χ4v) is 2.51. The van der Waals surface area contributed by atoms with E-state index in [-0.39, 0.29) is 5.56 Å². The maximum Gasteiger partial charge on any atom is 0.324 e. The van der Waals surface area contributed by atoms with E-state index in [1.165, 1.54) is 16.2 Å². The Hall–Kier alpha value is -2.34. The lowest BCUT2D eigenvalue weighted by atomic mass is 10.2. The molecular weight excluding hydrogens is 250 g/mol. The number of primary amides is 2. The Kier molecular flexibility index (Phi) is 3.29. The van der Waals surface area contributed by atoms with Crippen molar-refractivity contribution in [2.75, 3.05) is 4.90 Å². The van der Waals surface area contributed by atoms with E-state index in [0.717, 1.165) is 0 Å². The summed E-state index contributed by atoms with van der Waals surface area (Å²) in [5.74, 6) is -0.589. The molecule has 5 nitrogen and oxygen atoms in total. The first-order valence-corrected chi connectivity index (χ1v) is 6.01. The van der Waals surface area contributed by atoms with E-state index in [9.17, 15) is 9.59 Å². The van der Waals surface area contributed by atoms with Gasteiger partial charge >= 0.3 is 6.03 Å². The topological polar surface area (TPSA) is 89.4 Å². The number of benzene rings is 1. The number of nitrogens with zero attached hydrogens (tertiary/aromatic N) is 1. The van der Waals surface area contributed by atoms with Crippen molar-refractivity contribution in [3.8, 4) is 0 Å². The van der Waals surface area contributed by atoms with Gasteiger partial charge in [0.15, 0.2) is 0 Å². The second-order valence-corrected chi connectivity index (χ2v) is 4.41. The predicted molar refractivity (Wildman–Crippen MR) is 71.0 cm³/mol. The molecule has 0 saturated heterocycles. The van der Waals surface area contributed by atoms with Gasteiger partial charge in [0, 0.05) is 0 Å². The van der Waals surface area contributed by atoms with Crippen LogP contribution in [0.15, 0.2) is 41.8 Å². The molecule has 0 aliphatic rings. The lowest BCUT2D eigenvalue weighted by Gasteiger charge is -2.19. The second-order valence-electron chi connectivity index (χ2n) is 3.51. The van der Waals surface area contributed by atoms with E-state index >= 15 is 0 Å². The number of carbonyl (C=O) groups excluding carboxylic acids is 2. The number of anilines is 2. The van der Waals surface area contributed by atoms with Crippen molar-refractivity contribution in [2.24, 2.45) is 11.5 Å². The van der Waals surface area contributed by atoms with Crippen LogP contribution in [0.3, 0.4) is 0 Å². The van der Waals surface area contributed by atoms with Crippen molar-refractivity contribution in [2.45, 2.75) is 0 Å². The number of hydrogen-bond donors (Lipinski definition) is 2. The minimum Gasteiger partial charge on any atom is -0.366 e. The van der Waals surface area contributed by atoms with Crippen LogP contribution in [-0.4, -0.2) is 11.9 Å². The molecule has 2 rings (SSSR count). The summed E-state index contributed by atoms with van der Waals surface area (Å²) in [6.45, 7) is 0. The average molecular weight is 261 g/mol. The highest BCUT2D eigenvalue weighted by molar-refractivity contribution is 7.15. The van der Waals surface area contributed by atoms with Crippen LogP contribution in [0.25, 0.3) is 0 Å². The monoisotopic (exact) mass is 261 g/mol. The predicted octanol–water partition coefficient (Wildman–Crippen LogP) is 2.06. The highest BCUT2D eigenvalue weighted by Gasteiger charge is 2.21. The van der Waals surface area contributed by atoms with Gasteiger partial charge in [0.1, 0.15) is 5.00 Å². The zero-order valence-electron chi connectivity index (χ0n) is 9.37. The summed E-state index contributed by atoms with van der Waals surface area (Å²) in [5, 5.41) is 2.12. The number of nitrogens with two attached hydrogens (primary N) is 2. The van der Waals surface area contributed by atoms with Crippen molar-refractivity contribution in [1.82, 2.24) is 0 Å². The average Bonchev–Trinajstić information content (AvgIpc) is 2.79. The zero-order valence-corrected chi connectivity index (χ0v) is 10.2. The third-order valence-electron chi connectivity index (χ3n) is 2.35. The summed E-state index contributed by atoms with van der Waals surface area (Å²) < 4.78 is 0. The molecule has 6 heteroatoms. The molecule has 18 heavy (non-hydrogen) atoms. The molecular formula is C12H11N3O2S. The Balaban J connectivity index is 2.52. The normalized spacial score (nSPS) is 10.0. The smallest absolute Gasteiger partial charge is 0.324 e. The van der Waals surface area contributed by atoms with Gasteiger partial charge in [0.2, 0.25) is 0 Å². The zero-order chi connectivity index (χ0) is 13.1. The minimum atomic E-state index is -0.661. The van der Waals surface area contributed by atoms with Gasteiger partial charge in [-0.3, -0.25) is 9.69 Å². The van der Waals surface area contributed by atoms with Gasteiger partial charge in [0.25, 0.3) is 5.91 Å². The van der Waals surface area contributed by atoms with Gasteiger partial charge in [-0.2, -0.15) is 0 Å². The second kappa shape index (κ2) is 4.89. The van der Waals surface area contributed by atoms with E-state index in [0.29, 0.717) is 10.7 Å². The first kappa shape index (κ1) is 12.1. The van der Waals surface area contributed by atoms with Crippen molar-refractivity contribution < 1.29 is 9.59 Å². The molecule has 0 radical (unpaired) electrons. The summed E-state index contributed by atoms with van der Waals surface area (Å²) in [6, 6.07) is 9.76. The molecule has 4 N–H and O–H groups in total. The van der Waals surface area contributed by atoms with E-state index in [4.69, 9.17) is 11.5 Å². The largest absolute Gasteiger partial charge is 0.366 e.